The van der Waals surface area contributed by atoms with Crippen LogP contribution in [0, 0.1) is 0 Å². The molecule has 2 fully saturated rings. The highest BCUT2D eigenvalue weighted by Crippen LogP contribution is 2.32. The Kier molecular flexibility index (Phi) is 6.91. The molecule has 0 bridgehead atoms. The van der Waals surface area contributed by atoms with Gasteiger partial charge < -0.3 is 24.6 Å². The van der Waals surface area contributed by atoms with Gasteiger partial charge in [-0.15, -0.1) is 0 Å². The predicted octanol–water partition coefficient (Wildman–Crippen LogP) is 3.06. The molecule has 2 aliphatic heterocycles. The standard InChI is InChI=1S/C22H28ClN3O5/c1-5-19(27)26-8-9-30-13-18(26)14-10-15(23)12-16(11-14)25-7-6-17(20(25)28)24-21(29)31-22(2,3)4/h5,10-12,17-18H,1,6-9,13H2,2-4H3,(H,24,29)/t17?,18-/m0/s1. The smallest absolute Gasteiger partial charge is 0.408 e. The lowest BCUT2D eigenvalue weighted by atomic mass is 10.0. The molecular formula is C22H28ClN3O5. The van der Waals surface area contributed by atoms with Gasteiger partial charge in [0.1, 0.15) is 11.6 Å². The van der Waals surface area contributed by atoms with E-state index in [9.17, 15) is 14.4 Å². The molecule has 1 unspecified atom stereocenters. The SMILES string of the molecule is C=CC(=O)N1CCOC[C@H]1c1cc(Cl)cc(N2CCC(NC(=O)OC(C)(C)C)C2=O)c1. The molecule has 0 aromatic heterocycles. The minimum absolute atomic E-state index is 0.186. The molecule has 3 rings (SSSR count). The lowest BCUT2D eigenvalue weighted by Crippen LogP contribution is -2.44. The van der Waals surface area contributed by atoms with E-state index in [4.69, 9.17) is 21.1 Å². The number of nitrogens with one attached hydrogen (secondary N) is 1. The second kappa shape index (κ2) is 9.28. The van der Waals surface area contributed by atoms with E-state index >= 15 is 0 Å². The van der Waals surface area contributed by atoms with Crippen LogP contribution in [0.3, 0.4) is 0 Å². The number of halogens is 1. The van der Waals surface area contributed by atoms with E-state index in [-0.39, 0.29) is 17.9 Å². The summed E-state index contributed by atoms with van der Waals surface area (Å²) in [7, 11) is 0. The largest absolute Gasteiger partial charge is 0.444 e. The fourth-order valence-corrected chi connectivity index (χ4v) is 3.96. The third kappa shape index (κ3) is 5.57. The molecule has 2 heterocycles. The summed E-state index contributed by atoms with van der Waals surface area (Å²) >= 11 is 6.36. The maximum absolute atomic E-state index is 12.9. The normalized spacial score (nSPS) is 21.7. The summed E-state index contributed by atoms with van der Waals surface area (Å²) in [6.07, 6.45) is 1.10. The molecule has 31 heavy (non-hydrogen) atoms. The summed E-state index contributed by atoms with van der Waals surface area (Å²) in [6, 6.07) is 4.30. The van der Waals surface area contributed by atoms with Crippen LogP contribution in [0.1, 0.15) is 38.8 Å². The Morgan fingerprint density at radius 2 is 2.03 bits per heavy atom. The van der Waals surface area contributed by atoms with E-state index < -0.39 is 17.7 Å². The first-order valence-corrected chi connectivity index (χ1v) is 10.6. The van der Waals surface area contributed by atoms with Crippen molar-refractivity contribution in [3.05, 3.63) is 41.4 Å². The number of benzene rings is 1. The number of morpholine rings is 1. The summed E-state index contributed by atoms with van der Waals surface area (Å²) in [6.45, 7) is 10.5. The third-order valence-corrected chi connectivity index (χ3v) is 5.30. The lowest BCUT2D eigenvalue weighted by molar-refractivity contribution is -0.134. The average Bonchev–Trinajstić information content (AvgIpc) is 3.05. The quantitative estimate of drug-likeness (QED) is 0.714. The van der Waals surface area contributed by atoms with E-state index in [1.165, 1.54) is 6.08 Å². The molecule has 3 amide bonds. The van der Waals surface area contributed by atoms with Crippen molar-refractivity contribution < 1.29 is 23.9 Å². The number of ether oxygens (including phenoxy) is 2. The van der Waals surface area contributed by atoms with Crippen LogP contribution in [-0.4, -0.2) is 60.8 Å². The number of nitrogens with zero attached hydrogens (tertiary/aromatic N) is 2. The van der Waals surface area contributed by atoms with Crippen molar-refractivity contribution in [3.8, 4) is 0 Å². The van der Waals surface area contributed by atoms with Crippen LogP contribution in [0.15, 0.2) is 30.9 Å². The summed E-state index contributed by atoms with van der Waals surface area (Å²) in [5.74, 6) is -0.424. The number of anilines is 1. The van der Waals surface area contributed by atoms with E-state index in [2.05, 4.69) is 11.9 Å². The first-order chi connectivity index (χ1) is 14.6. The Hall–Kier alpha value is -2.58. The average molecular weight is 450 g/mol. The second-order valence-corrected chi connectivity index (χ2v) is 8.98. The number of hydrogen-bond acceptors (Lipinski definition) is 5. The van der Waals surface area contributed by atoms with Crippen molar-refractivity contribution in [1.29, 1.82) is 0 Å². The Bertz CT molecular complexity index is 882. The summed E-state index contributed by atoms with van der Waals surface area (Å²) < 4.78 is 10.8. The van der Waals surface area contributed by atoms with E-state index in [0.717, 1.165) is 5.56 Å². The van der Waals surface area contributed by atoms with Gasteiger partial charge in [-0.05, 0) is 57.0 Å². The number of alkyl carbamates (subject to hydrolysis) is 1. The molecule has 8 nitrogen and oxygen atoms in total. The molecule has 168 valence electrons. The molecule has 9 heteroatoms. The molecular weight excluding hydrogens is 422 g/mol. The number of amides is 3. The molecule has 1 aromatic carbocycles. The van der Waals surface area contributed by atoms with Gasteiger partial charge in [-0.25, -0.2) is 4.79 Å². The fourth-order valence-electron chi connectivity index (χ4n) is 3.73. The van der Waals surface area contributed by atoms with Crippen molar-refractivity contribution in [2.45, 2.75) is 44.9 Å². The highest BCUT2D eigenvalue weighted by molar-refractivity contribution is 6.31. The Morgan fingerprint density at radius 3 is 2.71 bits per heavy atom. The third-order valence-electron chi connectivity index (χ3n) is 5.08. The Labute approximate surface area is 187 Å². The maximum Gasteiger partial charge on any atom is 0.408 e. The first kappa shape index (κ1) is 23.1. The zero-order valence-electron chi connectivity index (χ0n) is 18.0. The number of carbonyl (C=O) groups excluding carboxylic acids is 3. The molecule has 0 radical (unpaired) electrons. The van der Waals surface area contributed by atoms with Gasteiger partial charge in [-0.2, -0.15) is 0 Å². The van der Waals surface area contributed by atoms with Crippen LogP contribution in [0.2, 0.25) is 5.02 Å². The summed E-state index contributed by atoms with van der Waals surface area (Å²) in [4.78, 5) is 40.5. The van der Waals surface area contributed by atoms with Crippen LogP contribution in [0.25, 0.3) is 0 Å². The highest BCUT2D eigenvalue weighted by Gasteiger charge is 2.36. The summed E-state index contributed by atoms with van der Waals surface area (Å²) in [5.41, 5.74) is 0.732. The molecule has 0 spiro atoms. The lowest BCUT2D eigenvalue weighted by Gasteiger charge is -2.35. The van der Waals surface area contributed by atoms with E-state index in [1.807, 2.05) is 6.07 Å². The van der Waals surface area contributed by atoms with Gasteiger partial charge in [0.25, 0.3) is 0 Å². The summed E-state index contributed by atoms with van der Waals surface area (Å²) in [5, 5.41) is 3.08. The van der Waals surface area contributed by atoms with Gasteiger partial charge in [0.15, 0.2) is 0 Å². The van der Waals surface area contributed by atoms with Gasteiger partial charge in [0, 0.05) is 23.8 Å². The zero-order chi connectivity index (χ0) is 22.8. The highest BCUT2D eigenvalue weighted by atomic mass is 35.5. The predicted molar refractivity (Wildman–Crippen MR) is 117 cm³/mol. The van der Waals surface area contributed by atoms with Gasteiger partial charge in [-0.1, -0.05) is 18.2 Å². The van der Waals surface area contributed by atoms with Crippen LogP contribution >= 0.6 is 11.6 Å². The topological polar surface area (TPSA) is 88.2 Å². The van der Waals surface area contributed by atoms with Gasteiger partial charge in [0.05, 0.1) is 19.3 Å². The van der Waals surface area contributed by atoms with Gasteiger partial charge in [0.2, 0.25) is 11.8 Å². The molecule has 0 aliphatic carbocycles. The monoisotopic (exact) mass is 449 g/mol. The van der Waals surface area contributed by atoms with Crippen LogP contribution < -0.4 is 10.2 Å². The maximum atomic E-state index is 12.9. The van der Waals surface area contributed by atoms with Crippen molar-refractivity contribution in [2.24, 2.45) is 0 Å². The minimum atomic E-state index is -0.672. The zero-order valence-corrected chi connectivity index (χ0v) is 18.8. The number of rotatable bonds is 4. The van der Waals surface area contributed by atoms with Crippen LogP contribution in [0.5, 0.6) is 0 Å². The number of hydrogen-bond donors (Lipinski definition) is 1. The molecule has 0 saturated carbocycles. The van der Waals surface area contributed by atoms with Crippen molar-refractivity contribution >= 4 is 35.2 Å². The molecule has 2 atom stereocenters. The minimum Gasteiger partial charge on any atom is -0.444 e. The molecule has 2 aliphatic rings. The van der Waals surface area contributed by atoms with Crippen molar-refractivity contribution in [2.75, 3.05) is 31.2 Å². The van der Waals surface area contributed by atoms with Crippen LogP contribution in [-0.2, 0) is 19.1 Å². The van der Waals surface area contributed by atoms with E-state index in [0.29, 0.717) is 43.4 Å². The van der Waals surface area contributed by atoms with Crippen molar-refractivity contribution in [3.63, 3.8) is 0 Å². The Morgan fingerprint density at radius 1 is 1.29 bits per heavy atom. The van der Waals surface area contributed by atoms with Crippen molar-refractivity contribution in [1.82, 2.24) is 10.2 Å². The van der Waals surface area contributed by atoms with Gasteiger partial charge >= 0.3 is 6.09 Å². The van der Waals surface area contributed by atoms with Gasteiger partial charge in [-0.3, -0.25) is 9.59 Å². The first-order valence-electron chi connectivity index (χ1n) is 10.2. The fraction of sp³-hybridized carbons (Fsp3) is 0.500. The Balaban J connectivity index is 1.79. The molecule has 1 aromatic rings. The van der Waals surface area contributed by atoms with E-state index in [1.54, 1.807) is 42.7 Å². The molecule has 1 N–H and O–H groups in total. The van der Waals surface area contributed by atoms with Crippen LogP contribution in [0.4, 0.5) is 10.5 Å². The molecule has 2 saturated heterocycles. The number of carbonyl (C=O) groups is 3. The second-order valence-electron chi connectivity index (χ2n) is 8.55.